The van der Waals surface area contributed by atoms with Gasteiger partial charge in [-0.1, -0.05) is 13.8 Å². The van der Waals surface area contributed by atoms with Crippen LogP contribution in [-0.4, -0.2) is 23.2 Å². The van der Waals surface area contributed by atoms with Crippen LogP contribution in [0, 0.1) is 40.4 Å². The minimum absolute atomic E-state index is 0.0369. The van der Waals surface area contributed by atoms with Crippen molar-refractivity contribution in [1.82, 2.24) is 0 Å². The molecule has 4 saturated carbocycles. The summed E-state index contributed by atoms with van der Waals surface area (Å²) in [7, 11) is 0. The third-order valence-electron chi connectivity index (χ3n) is 8.23. The maximum atomic E-state index is 12.6. The summed E-state index contributed by atoms with van der Waals surface area (Å²) in [5, 5.41) is 9.69. The molecule has 4 fully saturated rings. The molecule has 4 aliphatic rings. The van der Waals surface area contributed by atoms with Crippen LogP contribution in [0.2, 0.25) is 0 Å². The van der Waals surface area contributed by atoms with Gasteiger partial charge >= 0.3 is 0 Å². The molecule has 7 atom stereocenters. The van der Waals surface area contributed by atoms with E-state index in [1.807, 2.05) is 13.8 Å². The molecule has 0 aromatic carbocycles. The van der Waals surface area contributed by atoms with E-state index in [4.69, 9.17) is 8.22 Å². The third-order valence-corrected chi connectivity index (χ3v) is 8.23. The van der Waals surface area contributed by atoms with Crippen LogP contribution in [0.5, 0.6) is 0 Å². The fourth-order valence-electron chi connectivity index (χ4n) is 6.94. The van der Waals surface area contributed by atoms with Crippen molar-refractivity contribution in [2.75, 3.05) is 6.56 Å². The fraction of sp³-hybridized carbons (Fsp3) is 0.905. The zero-order chi connectivity index (χ0) is 22.5. The van der Waals surface area contributed by atoms with Crippen molar-refractivity contribution in [1.29, 1.82) is 0 Å². The highest BCUT2D eigenvalue weighted by molar-refractivity contribution is 5.83. The highest BCUT2D eigenvalue weighted by atomic mass is 16.3. The van der Waals surface area contributed by atoms with Gasteiger partial charge in [-0.05, 0) is 79.4 Å². The molecule has 0 unspecified atom stereocenters. The van der Waals surface area contributed by atoms with Gasteiger partial charge in [0.25, 0.3) is 0 Å². The molecule has 0 aromatic heterocycles. The van der Waals surface area contributed by atoms with E-state index in [0.717, 1.165) is 12.8 Å². The summed E-state index contributed by atoms with van der Waals surface area (Å²) in [4.78, 5) is 25.1. The zero-order valence-corrected chi connectivity index (χ0v) is 14.6. The van der Waals surface area contributed by atoms with Gasteiger partial charge in [0.1, 0.15) is 12.3 Å². The van der Waals surface area contributed by atoms with Gasteiger partial charge in [-0.15, -0.1) is 0 Å². The molecule has 4 aliphatic carbocycles. The molecule has 0 amide bonds. The van der Waals surface area contributed by atoms with E-state index in [2.05, 4.69) is 0 Å². The van der Waals surface area contributed by atoms with Crippen LogP contribution in [0.1, 0.15) is 79.8 Å². The molecule has 0 spiro atoms. The number of aliphatic hydroxyl groups is 1. The Morgan fingerprint density at radius 3 is 2.67 bits per heavy atom. The molecule has 0 aromatic rings. The summed E-state index contributed by atoms with van der Waals surface area (Å²) < 4.78 is 48.4. The van der Waals surface area contributed by atoms with Crippen molar-refractivity contribution in [3.8, 4) is 0 Å². The van der Waals surface area contributed by atoms with Gasteiger partial charge in [0.15, 0.2) is 5.78 Å². The monoisotopic (exact) mass is 338 g/mol. The lowest BCUT2D eigenvalue weighted by molar-refractivity contribution is -0.144. The Bertz CT molecular complexity index is 777. The molecule has 0 aliphatic heterocycles. The minimum atomic E-state index is -2.83. The number of ketones is 2. The van der Waals surface area contributed by atoms with Crippen molar-refractivity contribution in [2.24, 2.45) is 40.4 Å². The Morgan fingerprint density at radius 1 is 1.17 bits per heavy atom. The zero-order valence-electron chi connectivity index (χ0n) is 20.6. The van der Waals surface area contributed by atoms with Crippen molar-refractivity contribution >= 4 is 11.6 Å². The predicted molar refractivity (Wildman–Crippen MR) is 92.3 cm³/mol. The number of rotatable bonds is 2. The Morgan fingerprint density at radius 2 is 1.92 bits per heavy atom. The smallest absolute Gasteiger partial charge is 0.161 e. The average Bonchev–Trinajstić information content (AvgIpc) is 2.95. The standard InChI is InChI=1S/C21H32O3/c1-20-9-7-14(23)11-13(20)3-4-15-16-5-6-18(19(24)12-22)21(16,2)10-8-17(15)20/h13,15-18,22H,3-12H2,1-2H3/t13-,15-,16-,17-,18+,20-,21-/m0/s1/i7D2,11D2,12D2. The summed E-state index contributed by atoms with van der Waals surface area (Å²) in [6, 6.07) is 0. The first-order valence-electron chi connectivity index (χ1n) is 12.4. The number of hydrogen-bond donors (Lipinski definition) is 1. The lowest BCUT2D eigenvalue weighted by Gasteiger charge is -2.60. The van der Waals surface area contributed by atoms with E-state index in [1.165, 1.54) is 0 Å². The van der Waals surface area contributed by atoms with Crippen LogP contribution in [-0.2, 0) is 9.59 Å². The van der Waals surface area contributed by atoms with E-state index in [9.17, 15) is 14.7 Å². The van der Waals surface area contributed by atoms with Gasteiger partial charge in [0.05, 0.1) is 2.74 Å². The molecule has 0 saturated heterocycles. The van der Waals surface area contributed by atoms with Crippen LogP contribution in [0.3, 0.4) is 0 Å². The summed E-state index contributed by atoms with van der Waals surface area (Å²) in [6.45, 7) is 1.16. The Hall–Kier alpha value is -0.700. The number of carbonyl (C=O) groups excluding carboxylic acids is 2. The molecule has 0 bridgehead atoms. The second-order valence-corrected chi connectivity index (χ2v) is 8.99. The van der Waals surface area contributed by atoms with E-state index >= 15 is 0 Å². The van der Waals surface area contributed by atoms with Gasteiger partial charge < -0.3 is 5.11 Å². The van der Waals surface area contributed by atoms with Crippen molar-refractivity contribution in [2.45, 2.75) is 71.5 Å². The maximum absolute atomic E-state index is 12.6. The van der Waals surface area contributed by atoms with E-state index in [0.29, 0.717) is 25.7 Å². The first kappa shape index (κ1) is 11.1. The fourth-order valence-corrected chi connectivity index (χ4v) is 6.94. The number of hydrogen-bond acceptors (Lipinski definition) is 3. The lowest BCUT2D eigenvalue weighted by atomic mass is 9.44. The lowest BCUT2D eigenvalue weighted by Crippen LogP contribution is -2.54. The number of carbonyl (C=O) groups is 2. The highest BCUT2D eigenvalue weighted by Crippen LogP contribution is 2.67. The van der Waals surface area contributed by atoms with Gasteiger partial charge in [0.2, 0.25) is 0 Å². The quantitative estimate of drug-likeness (QED) is 0.834. The molecule has 1 N–H and O–H groups in total. The topological polar surface area (TPSA) is 54.4 Å². The molecule has 3 heteroatoms. The molecule has 0 radical (unpaired) electrons. The Balaban J connectivity index is 1.67. The molecule has 24 heavy (non-hydrogen) atoms. The number of Topliss-reactive ketones (excluding diaryl/α,β-unsaturated/α-hetero) is 2. The van der Waals surface area contributed by atoms with E-state index in [-0.39, 0.29) is 24.2 Å². The summed E-state index contributed by atoms with van der Waals surface area (Å²) in [6.07, 6.45) is -0.354. The third kappa shape index (κ3) is 2.19. The Kier molecular flexibility index (Phi) is 2.62. The van der Waals surface area contributed by atoms with Crippen molar-refractivity contribution in [3.05, 3.63) is 0 Å². The normalized spacial score (nSPS) is 59.3. The van der Waals surface area contributed by atoms with E-state index < -0.39 is 53.5 Å². The first-order chi connectivity index (χ1) is 13.6. The van der Waals surface area contributed by atoms with Crippen LogP contribution in [0.4, 0.5) is 0 Å². The molecule has 134 valence electrons. The van der Waals surface area contributed by atoms with E-state index in [1.54, 1.807) is 0 Å². The first-order valence-corrected chi connectivity index (χ1v) is 9.38. The van der Waals surface area contributed by atoms with Crippen molar-refractivity contribution in [3.63, 3.8) is 0 Å². The Labute approximate surface area is 154 Å². The van der Waals surface area contributed by atoms with Crippen LogP contribution < -0.4 is 0 Å². The second kappa shape index (κ2) is 5.65. The summed E-state index contributed by atoms with van der Waals surface area (Å²) in [5.74, 6) is -2.24. The minimum Gasteiger partial charge on any atom is -0.389 e. The molecule has 3 nitrogen and oxygen atoms in total. The number of fused-ring (bicyclic) bond motifs is 5. The van der Waals surface area contributed by atoms with Crippen molar-refractivity contribution < 1.29 is 22.9 Å². The second-order valence-electron chi connectivity index (χ2n) is 8.99. The maximum Gasteiger partial charge on any atom is 0.161 e. The summed E-state index contributed by atoms with van der Waals surface area (Å²) >= 11 is 0. The van der Waals surface area contributed by atoms with Crippen LogP contribution >= 0.6 is 0 Å². The SMILES string of the molecule is [2H]C([2H])(O)C(=O)[C@H]1CC[C@H]2[C@@H]3CC[C@H]4C([2H])([2H])C(=O)C([2H])([2H])C[C@]4(C)[C@H]3CC[C@]12C. The van der Waals surface area contributed by atoms with Gasteiger partial charge in [-0.2, -0.15) is 0 Å². The predicted octanol–water partition coefficient (Wildman–Crippen LogP) is 3.78. The van der Waals surface area contributed by atoms with Crippen LogP contribution in [0.25, 0.3) is 0 Å². The highest BCUT2D eigenvalue weighted by Gasteiger charge is 2.60. The molecule has 0 heterocycles. The van der Waals surface area contributed by atoms with Crippen LogP contribution in [0.15, 0.2) is 0 Å². The van der Waals surface area contributed by atoms with Gasteiger partial charge in [-0.3, -0.25) is 9.59 Å². The van der Waals surface area contributed by atoms with Gasteiger partial charge in [-0.25, -0.2) is 0 Å². The molecular formula is C21H32O3. The summed E-state index contributed by atoms with van der Waals surface area (Å²) in [5.41, 5.74) is -1.03. The molecule has 4 rings (SSSR count). The molecular weight excluding hydrogens is 300 g/mol. The largest absolute Gasteiger partial charge is 0.389 e. The van der Waals surface area contributed by atoms with Gasteiger partial charge in [0, 0.05) is 24.1 Å². The average molecular weight is 339 g/mol.